The lowest BCUT2D eigenvalue weighted by Gasteiger charge is -2.43. The quantitative estimate of drug-likeness (QED) is 0.291. The number of carbonyl (C=O) groups is 1. The molecule has 1 amide bonds. The van der Waals surface area contributed by atoms with Gasteiger partial charge in [-0.1, -0.05) is 12.1 Å². The first-order valence-electron chi connectivity index (χ1n) is 13.9. The highest BCUT2D eigenvalue weighted by atomic mass is 32.2. The average Bonchev–Trinajstić information content (AvgIpc) is 3.51. The predicted octanol–water partition coefficient (Wildman–Crippen LogP) is 0.649. The Kier molecular flexibility index (Phi) is 10.8. The van der Waals surface area contributed by atoms with Gasteiger partial charge < -0.3 is 34.2 Å². The molecule has 14 heteroatoms. The van der Waals surface area contributed by atoms with E-state index in [1.165, 1.54) is 11.8 Å². The molecular formula is C26H41N5O8S. The summed E-state index contributed by atoms with van der Waals surface area (Å²) < 4.78 is 18.1. The molecule has 0 bridgehead atoms. The van der Waals surface area contributed by atoms with Gasteiger partial charge in [-0.2, -0.15) is 0 Å². The average molecular weight is 584 g/mol. The Balaban J connectivity index is 1.46. The minimum atomic E-state index is -1.39. The second kappa shape index (κ2) is 14.1. The molecule has 0 aliphatic carbocycles. The van der Waals surface area contributed by atoms with Crippen LogP contribution in [-0.4, -0.2) is 95.9 Å². The number of thioether (sulfide) groups is 1. The van der Waals surface area contributed by atoms with Gasteiger partial charge in [-0.25, -0.2) is 4.79 Å². The zero-order valence-corrected chi connectivity index (χ0v) is 24.0. The van der Waals surface area contributed by atoms with Crippen molar-refractivity contribution in [1.82, 2.24) is 25.2 Å². The number of hydrogen-bond donors (Lipinski definition) is 4. The second-order valence-corrected chi connectivity index (χ2v) is 11.6. The Hall–Kier alpha value is -2.23. The topological polar surface area (TPSA) is 176 Å². The monoisotopic (exact) mass is 583 g/mol. The number of aliphatic hydroxyl groups excluding tert-OH is 3. The highest BCUT2D eigenvalue weighted by Gasteiger charge is 2.46. The predicted molar refractivity (Wildman–Crippen MR) is 145 cm³/mol. The zero-order valence-electron chi connectivity index (χ0n) is 23.2. The summed E-state index contributed by atoms with van der Waals surface area (Å²) in [4.78, 5) is 27.5. The van der Waals surface area contributed by atoms with Crippen molar-refractivity contribution < 1.29 is 33.7 Å². The van der Waals surface area contributed by atoms with Crippen molar-refractivity contribution in [2.45, 2.75) is 107 Å². The number of nitrogens with one attached hydrogen (secondary N) is 1. The van der Waals surface area contributed by atoms with E-state index in [0.29, 0.717) is 36.8 Å². The summed E-state index contributed by atoms with van der Waals surface area (Å²) in [6.07, 6.45) is 5.09. The number of rotatable bonds is 11. The Morgan fingerprint density at radius 3 is 2.65 bits per heavy atom. The van der Waals surface area contributed by atoms with Crippen LogP contribution in [-0.2, 0) is 22.6 Å². The van der Waals surface area contributed by atoms with Crippen LogP contribution < -0.4 is 11.1 Å². The molecule has 4 rings (SSSR count). The lowest BCUT2D eigenvalue weighted by Crippen LogP contribution is -2.63. The van der Waals surface area contributed by atoms with Crippen LogP contribution in [0.4, 0.5) is 0 Å². The number of hydrogen-bond acceptors (Lipinski definition) is 12. The molecule has 0 spiro atoms. The number of likely N-dealkylation sites (tertiary alicyclic amines) is 1. The largest absolute Gasteiger partial charge is 0.519 e. The zero-order chi connectivity index (χ0) is 28.8. The number of aryl methyl sites for hydroxylation is 2. The molecule has 2 saturated heterocycles. The summed E-state index contributed by atoms with van der Waals surface area (Å²) in [5.74, 6) is 0.193. The van der Waals surface area contributed by atoms with Crippen molar-refractivity contribution >= 4 is 17.7 Å². The third kappa shape index (κ3) is 7.34. The number of aliphatic hydroxyl groups is 3. The fraction of sp³-hybridized carbons (Fsp3) is 0.769. The van der Waals surface area contributed by atoms with E-state index in [4.69, 9.17) is 13.6 Å². The number of nitrogens with zero attached hydrogens (tertiary/aromatic N) is 4. The molecule has 0 radical (unpaired) electrons. The van der Waals surface area contributed by atoms with Crippen LogP contribution in [0.1, 0.15) is 57.0 Å². The Morgan fingerprint density at radius 1 is 1.20 bits per heavy atom. The van der Waals surface area contributed by atoms with E-state index < -0.39 is 47.8 Å². The van der Waals surface area contributed by atoms with Gasteiger partial charge in [-0.15, -0.1) is 16.9 Å². The van der Waals surface area contributed by atoms with Crippen LogP contribution in [0.5, 0.6) is 0 Å². The molecule has 1 unspecified atom stereocenters. The molecule has 4 heterocycles. The van der Waals surface area contributed by atoms with E-state index in [1.807, 2.05) is 22.7 Å². The van der Waals surface area contributed by atoms with Gasteiger partial charge in [0.15, 0.2) is 5.76 Å². The maximum atomic E-state index is 13.8. The Morgan fingerprint density at radius 2 is 2.00 bits per heavy atom. The third-order valence-corrected chi connectivity index (χ3v) is 8.93. The van der Waals surface area contributed by atoms with Crippen LogP contribution in [0.25, 0.3) is 0 Å². The van der Waals surface area contributed by atoms with Gasteiger partial charge in [0.05, 0.1) is 24.8 Å². The normalized spacial score (nSPS) is 30.6. The summed E-state index contributed by atoms with van der Waals surface area (Å²) >= 11 is 1.23. The molecule has 8 atom stereocenters. The molecule has 4 N–H and O–H groups in total. The first kappa shape index (κ1) is 30.7. The van der Waals surface area contributed by atoms with E-state index in [-0.39, 0.29) is 12.5 Å². The fourth-order valence-corrected chi connectivity index (χ4v) is 6.37. The van der Waals surface area contributed by atoms with E-state index in [9.17, 15) is 24.9 Å². The number of aromatic nitrogens is 3. The van der Waals surface area contributed by atoms with Crippen molar-refractivity contribution in [3.05, 3.63) is 34.5 Å². The SMILES string of the molecule is CCC(NC(=O)[C@@H]1CC[C@H](CCCn2ccnn2)CCN1Cc1oc(=O)oc1C)[C@H]1O[C@H](SC)[C@H](O)[C@@H](O)[C@H]1O. The lowest BCUT2D eigenvalue weighted by molar-refractivity contribution is -0.205. The van der Waals surface area contributed by atoms with Gasteiger partial charge in [0.1, 0.15) is 35.6 Å². The summed E-state index contributed by atoms with van der Waals surface area (Å²) in [6, 6.07) is -1.10. The highest BCUT2D eigenvalue weighted by molar-refractivity contribution is 7.99. The minimum Gasteiger partial charge on any atom is -0.396 e. The first-order chi connectivity index (χ1) is 19.2. The number of carbonyl (C=O) groups excluding carboxylic acids is 1. The maximum Gasteiger partial charge on any atom is 0.519 e. The van der Waals surface area contributed by atoms with E-state index >= 15 is 0 Å². The van der Waals surface area contributed by atoms with E-state index in [0.717, 1.165) is 32.2 Å². The number of amides is 1. The Labute approximate surface area is 237 Å². The first-order valence-corrected chi connectivity index (χ1v) is 15.2. The summed E-state index contributed by atoms with van der Waals surface area (Å²) in [5.41, 5.74) is -0.728. The smallest absolute Gasteiger partial charge is 0.396 e. The van der Waals surface area contributed by atoms with Gasteiger partial charge in [-0.05, 0) is 64.2 Å². The molecule has 224 valence electrons. The van der Waals surface area contributed by atoms with E-state index in [2.05, 4.69) is 15.6 Å². The van der Waals surface area contributed by atoms with Gasteiger partial charge in [-0.3, -0.25) is 14.4 Å². The molecule has 2 aliphatic heterocycles. The van der Waals surface area contributed by atoms with Crippen molar-refractivity contribution in [2.24, 2.45) is 5.92 Å². The second-order valence-electron chi connectivity index (χ2n) is 10.7. The molecular weight excluding hydrogens is 542 g/mol. The fourth-order valence-electron chi connectivity index (χ4n) is 5.69. The van der Waals surface area contributed by atoms with Crippen LogP contribution >= 0.6 is 11.8 Å². The molecule has 0 aromatic carbocycles. The Bertz CT molecular complexity index is 1120. The van der Waals surface area contributed by atoms with Crippen molar-refractivity contribution in [2.75, 3.05) is 12.8 Å². The van der Waals surface area contributed by atoms with Crippen LogP contribution in [0.3, 0.4) is 0 Å². The summed E-state index contributed by atoms with van der Waals surface area (Å²) in [7, 11) is 0. The maximum absolute atomic E-state index is 13.8. The lowest BCUT2D eigenvalue weighted by atomic mass is 9.92. The minimum absolute atomic E-state index is 0.226. The van der Waals surface area contributed by atoms with E-state index in [1.54, 1.807) is 19.4 Å². The van der Waals surface area contributed by atoms with Crippen LogP contribution in [0.15, 0.2) is 26.0 Å². The molecule has 2 aromatic heterocycles. The van der Waals surface area contributed by atoms with Gasteiger partial charge in [0.2, 0.25) is 5.91 Å². The number of ether oxygens (including phenoxy) is 1. The van der Waals surface area contributed by atoms with Crippen molar-refractivity contribution in [3.8, 4) is 0 Å². The molecule has 2 aromatic rings. The molecule has 13 nitrogen and oxygen atoms in total. The van der Waals surface area contributed by atoms with Gasteiger partial charge >= 0.3 is 5.82 Å². The summed E-state index contributed by atoms with van der Waals surface area (Å²) in [6.45, 7) is 5.19. The van der Waals surface area contributed by atoms with Crippen molar-refractivity contribution in [1.29, 1.82) is 0 Å². The van der Waals surface area contributed by atoms with Gasteiger partial charge in [0.25, 0.3) is 0 Å². The molecule has 2 aliphatic rings. The third-order valence-electron chi connectivity index (χ3n) is 8.07. The summed E-state index contributed by atoms with van der Waals surface area (Å²) in [5, 5.41) is 42.3. The standard InChI is InChI=1S/C26H41N5O8S/c1-4-17(23-21(33)20(32)22(34)25(39-23)40-3)28-24(35)18-8-7-16(6-5-11-31-13-10-27-29-31)9-12-30(18)14-19-15(2)37-26(36)38-19/h10,13,16-18,20-23,25,32-34H,4-9,11-12,14H2,1-3H3,(H,28,35)/t16-,17?,18-,20-,21+,22+,23+,25+/m0/s1. The molecule has 0 saturated carbocycles. The van der Waals surface area contributed by atoms with Crippen molar-refractivity contribution in [3.63, 3.8) is 0 Å². The van der Waals surface area contributed by atoms with Gasteiger partial charge in [0, 0.05) is 12.7 Å². The van der Waals surface area contributed by atoms with Crippen LogP contribution in [0, 0.1) is 12.8 Å². The molecule has 2 fully saturated rings. The highest BCUT2D eigenvalue weighted by Crippen LogP contribution is 2.31. The van der Waals surface area contributed by atoms with Crippen LogP contribution in [0.2, 0.25) is 0 Å². The molecule has 40 heavy (non-hydrogen) atoms.